The minimum absolute atomic E-state index is 0.138. The number of likely N-dealkylation sites (tertiary alicyclic amines) is 1. The molecule has 0 bridgehead atoms. The third kappa shape index (κ3) is 2.28. The number of aromatic amines is 1. The Morgan fingerprint density at radius 2 is 2.43 bits per heavy atom. The number of amides is 1. The first-order chi connectivity index (χ1) is 10.3. The van der Waals surface area contributed by atoms with Crippen molar-refractivity contribution in [3.8, 4) is 0 Å². The van der Waals surface area contributed by atoms with Crippen molar-refractivity contribution in [1.82, 2.24) is 20.2 Å². The molecule has 0 spiro atoms. The summed E-state index contributed by atoms with van der Waals surface area (Å²) in [6.45, 7) is 1.57. The van der Waals surface area contributed by atoms with E-state index in [0.29, 0.717) is 13.0 Å². The fraction of sp³-hybridized carbons (Fsp3) is 0.467. The highest BCUT2D eigenvalue weighted by Gasteiger charge is 2.36. The predicted octanol–water partition coefficient (Wildman–Crippen LogP) is 1.85. The van der Waals surface area contributed by atoms with E-state index < -0.39 is 0 Å². The third-order valence-electron chi connectivity index (χ3n) is 4.44. The van der Waals surface area contributed by atoms with Gasteiger partial charge in [0.2, 0.25) is 5.91 Å². The van der Waals surface area contributed by atoms with Crippen LogP contribution >= 0.6 is 11.3 Å². The summed E-state index contributed by atoms with van der Waals surface area (Å²) < 4.78 is 0. The largest absolute Gasteiger partial charge is 0.347 e. The van der Waals surface area contributed by atoms with E-state index in [2.05, 4.69) is 37.7 Å². The minimum atomic E-state index is -0.138. The molecule has 21 heavy (non-hydrogen) atoms. The van der Waals surface area contributed by atoms with Crippen LogP contribution in [0, 0.1) is 0 Å². The van der Waals surface area contributed by atoms with Gasteiger partial charge in [-0.25, -0.2) is 4.98 Å². The zero-order valence-corrected chi connectivity index (χ0v) is 12.5. The van der Waals surface area contributed by atoms with Crippen LogP contribution in [0.2, 0.25) is 0 Å². The van der Waals surface area contributed by atoms with Gasteiger partial charge in [0, 0.05) is 24.4 Å². The lowest BCUT2D eigenvalue weighted by molar-refractivity contribution is -0.134. The summed E-state index contributed by atoms with van der Waals surface area (Å²) >= 11 is 1.75. The zero-order chi connectivity index (χ0) is 14.2. The van der Waals surface area contributed by atoms with Crippen molar-refractivity contribution in [2.24, 2.45) is 0 Å². The molecular formula is C15H18N4OS. The third-order valence-corrected chi connectivity index (χ3v) is 5.41. The lowest BCUT2D eigenvalue weighted by Gasteiger charge is -2.30. The van der Waals surface area contributed by atoms with Crippen LogP contribution in [-0.4, -0.2) is 33.4 Å². The van der Waals surface area contributed by atoms with E-state index in [1.807, 2.05) is 0 Å². The van der Waals surface area contributed by atoms with Gasteiger partial charge in [-0.2, -0.15) is 0 Å². The number of hydrogen-bond donors (Lipinski definition) is 2. The van der Waals surface area contributed by atoms with Crippen molar-refractivity contribution in [1.29, 1.82) is 0 Å². The lowest BCUT2D eigenvalue weighted by atomic mass is 10.0. The second kappa shape index (κ2) is 5.27. The summed E-state index contributed by atoms with van der Waals surface area (Å²) in [4.78, 5) is 23.7. The molecular weight excluding hydrogens is 284 g/mol. The highest BCUT2D eigenvalue weighted by molar-refractivity contribution is 7.10. The molecule has 2 aliphatic heterocycles. The molecule has 2 N–H and O–H groups in total. The molecule has 0 saturated carbocycles. The van der Waals surface area contributed by atoms with Crippen molar-refractivity contribution >= 4 is 17.2 Å². The maximum Gasteiger partial charge on any atom is 0.240 e. The molecule has 0 aliphatic carbocycles. The zero-order valence-electron chi connectivity index (χ0n) is 11.7. The van der Waals surface area contributed by atoms with Crippen LogP contribution in [0.4, 0.5) is 0 Å². The van der Waals surface area contributed by atoms with Crippen LogP contribution in [-0.2, 0) is 17.8 Å². The van der Waals surface area contributed by atoms with E-state index in [1.54, 1.807) is 17.7 Å². The van der Waals surface area contributed by atoms with Gasteiger partial charge in [-0.1, -0.05) is 6.07 Å². The van der Waals surface area contributed by atoms with Crippen molar-refractivity contribution in [2.45, 2.75) is 37.9 Å². The fourth-order valence-corrected chi connectivity index (χ4v) is 4.22. The van der Waals surface area contributed by atoms with Gasteiger partial charge in [0.1, 0.15) is 0 Å². The van der Waals surface area contributed by atoms with Crippen LogP contribution in [0.25, 0.3) is 0 Å². The molecule has 4 heterocycles. The SMILES string of the molecule is O=C(C1Cc2nc[nH]c2CN1)N1CCCC1c1cccs1. The fourth-order valence-electron chi connectivity index (χ4n) is 3.35. The smallest absolute Gasteiger partial charge is 0.240 e. The van der Waals surface area contributed by atoms with Crippen LogP contribution in [0.15, 0.2) is 23.8 Å². The molecule has 0 radical (unpaired) electrons. The van der Waals surface area contributed by atoms with Gasteiger partial charge >= 0.3 is 0 Å². The van der Waals surface area contributed by atoms with Crippen LogP contribution < -0.4 is 5.32 Å². The molecule has 1 amide bonds. The molecule has 2 atom stereocenters. The topological polar surface area (TPSA) is 61.0 Å². The number of thiophene rings is 1. The van der Waals surface area contributed by atoms with E-state index in [0.717, 1.165) is 30.8 Å². The van der Waals surface area contributed by atoms with E-state index in [4.69, 9.17) is 0 Å². The summed E-state index contributed by atoms with van der Waals surface area (Å²) in [5.41, 5.74) is 2.13. The summed E-state index contributed by atoms with van der Waals surface area (Å²) in [5, 5.41) is 5.43. The average Bonchev–Trinajstić information content (AvgIpc) is 3.24. The van der Waals surface area contributed by atoms with Crippen molar-refractivity contribution in [2.75, 3.05) is 6.54 Å². The monoisotopic (exact) mass is 302 g/mol. The summed E-state index contributed by atoms with van der Waals surface area (Å²) in [6.07, 6.45) is 4.57. The number of aromatic nitrogens is 2. The predicted molar refractivity (Wildman–Crippen MR) is 80.9 cm³/mol. The highest BCUT2D eigenvalue weighted by Crippen LogP contribution is 2.35. The highest BCUT2D eigenvalue weighted by atomic mass is 32.1. The molecule has 2 unspecified atom stereocenters. The second-order valence-corrected chi connectivity index (χ2v) is 6.65. The standard InChI is InChI=1S/C15H18N4OS/c20-15(11-7-10-12(8-16-11)18-9-17-10)19-5-1-3-13(19)14-4-2-6-21-14/h2,4,6,9,11,13,16H,1,3,5,7-8H2,(H,17,18). The van der Waals surface area contributed by atoms with Crippen molar-refractivity contribution in [3.63, 3.8) is 0 Å². The Morgan fingerprint density at radius 1 is 1.48 bits per heavy atom. The molecule has 4 rings (SSSR count). The average molecular weight is 302 g/mol. The first-order valence-electron chi connectivity index (χ1n) is 7.41. The number of imidazole rings is 1. The van der Waals surface area contributed by atoms with Gasteiger partial charge in [0.15, 0.2) is 0 Å². The molecule has 5 nitrogen and oxygen atoms in total. The van der Waals surface area contributed by atoms with Gasteiger partial charge in [0.05, 0.1) is 29.8 Å². The number of carbonyl (C=O) groups is 1. The van der Waals surface area contributed by atoms with Crippen molar-refractivity contribution in [3.05, 3.63) is 40.1 Å². The maximum absolute atomic E-state index is 12.9. The van der Waals surface area contributed by atoms with Gasteiger partial charge in [0.25, 0.3) is 0 Å². The van der Waals surface area contributed by atoms with Gasteiger partial charge in [-0.3, -0.25) is 10.1 Å². The Balaban J connectivity index is 1.52. The number of fused-ring (bicyclic) bond motifs is 1. The number of hydrogen-bond acceptors (Lipinski definition) is 4. The molecule has 6 heteroatoms. The van der Waals surface area contributed by atoms with Gasteiger partial charge in [-0.05, 0) is 24.3 Å². The summed E-state index contributed by atoms with van der Waals surface area (Å²) in [6, 6.07) is 4.33. The Bertz CT molecular complexity index is 636. The van der Waals surface area contributed by atoms with Gasteiger partial charge < -0.3 is 9.88 Å². The lowest BCUT2D eigenvalue weighted by Crippen LogP contribution is -2.49. The van der Waals surface area contributed by atoms with E-state index in [-0.39, 0.29) is 18.0 Å². The first-order valence-corrected chi connectivity index (χ1v) is 8.29. The van der Waals surface area contributed by atoms with Crippen LogP contribution in [0.5, 0.6) is 0 Å². The quantitative estimate of drug-likeness (QED) is 0.890. The van der Waals surface area contributed by atoms with Crippen LogP contribution in [0.1, 0.15) is 35.1 Å². The molecule has 1 saturated heterocycles. The Kier molecular flexibility index (Phi) is 3.27. The molecule has 0 aromatic carbocycles. The number of nitrogens with zero attached hydrogens (tertiary/aromatic N) is 2. The number of rotatable bonds is 2. The normalized spacial score (nSPS) is 25.0. The van der Waals surface area contributed by atoms with Crippen molar-refractivity contribution < 1.29 is 4.79 Å². The number of H-pyrrole nitrogens is 1. The Labute approximate surface area is 127 Å². The second-order valence-electron chi connectivity index (χ2n) is 5.67. The van der Waals surface area contributed by atoms with E-state index in [1.165, 1.54) is 4.88 Å². The molecule has 110 valence electrons. The molecule has 2 aliphatic rings. The number of nitrogens with one attached hydrogen (secondary N) is 2. The molecule has 1 fully saturated rings. The summed E-state index contributed by atoms with van der Waals surface area (Å²) in [5.74, 6) is 0.222. The Morgan fingerprint density at radius 3 is 3.29 bits per heavy atom. The van der Waals surface area contributed by atoms with E-state index >= 15 is 0 Å². The van der Waals surface area contributed by atoms with E-state index in [9.17, 15) is 4.79 Å². The summed E-state index contributed by atoms with van der Waals surface area (Å²) in [7, 11) is 0. The molecule has 2 aromatic heterocycles. The number of carbonyl (C=O) groups excluding carboxylic acids is 1. The first kappa shape index (κ1) is 13.0. The Hall–Kier alpha value is -1.66. The van der Waals surface area contributed by atoms with Crippen LogP contribution in [0.3, 0.4) is 0 Å². The maximum atomic E-state index is 12.9. The minimum Gasteiger partial charge on any atom is -0.347 e. The van der Waals surface area contributed by atoms with Gasteiger partial charge in [-0.15, -0.1) is 11.3 Å². The molecule has 2 aromatic rings.